The van der Waals surface area contributed by atoms with Crippen molar-refractivity contribution in [2.24, 2.45) is 23.7 Å². The van der Waals surface area contributed by atoms with Gasteiger partial charge in [0.15, 0.2) is 5.82 Å². The number of piperidine rings is 1. The van der Waals surface area contributed by atoms with E-state index in [0.717, 1.165) is 31.4 Å². The summed E-state index contributed by atoms with van der Waals surface area (Å²) in [5, 5.41) is 11.5. The monoisotopic (exact) mass is 789 g/mol. The second-order valence-corrected chi connectivity index (χ2v) is 19.0. The molecule has 2 aromatic carbocycles. The SMILES string of the molecule is C[C@@H]1[C@@H]2C[C@H](c3cc4c([S+](C)[O-])nc5c(F)c(-c6cccc(Cl)c6Cl)c(CCC#N)cc5c4n3[C@H]3[C@@H]4C[C@H]3N(C(=O)OC(C)(C)C)C4)N(C(=O)C3CC3)[C@H]12. The van der Waals surface area contributed by atoms with Crippen molar-refractivity contribution in [2.45, 2.75) is 101 Å². The van der Waals surface area contributed by atoms with Crippen LogP contribution in [0, 0.1) is 40.8 Å². The minimum atomic E-state index is -1.62. The number of nitriles is 1. The second kappa shape index (κ2) is 12.7. The number of carbonyl (C=O) groups excluding carboxylic acids is 2. The molecule has 5 heterocycles. The highest BCUT2D eigenvalue weighted by molar-refractivity contribution is 7.90. The molecular formula is C41H42Cl2FN5O4S. The fraction of sp³-hybridized carbons (Fsp3) is 0.512. The molecule has 10 rings (SSSR count). The summed E-state index contributed by atoms with van der Waals surface area (Å²) in [6.45, 7) is 8.28. The highest BCUT2D eigenvalue weighted by atomic mass is 35.5. The van der Waals surface area contributed by atoms with Crippen LogP contribution in [0.1, 0.15) is 83.1 Å². The number of benzene rings is 2. The smallest absolute Gasteiger partial charge is 0.410 e. The molecule has 3 aliphatic heterocycles. The van der Waals surface area contributed by atoms with Crippen LogP contribution < -0.4 is 0 Å². The summed E-state index contributed by atoms with van der Waals surface area (Å²) in [6.07, 6.45) is 4.93. The number of hydrogen-bond acceptors (Lipinski definition) is 6. The molecule has 0 N–H and O–H groups in total. The summed E-state index contributed by atoms with van der Waals surface area (Å²) in [4.78, 5) is 36.4. The Hall–Kier alpha value is -3.56. The third-order valence-corrected chi connectivity index (χ3v) is 14.1. The summed E-state index contributed by atoms with van der Waals surface area (Å²) >= 11 is 11.5. The molecule has 54 heavy (non-hydrogen) atoms. The maximum Gasteiger partial charge on any atom is 0.410 e. The molecule has 3 saturated heterocycles. The Bertz CT molecular complexity index is 2310. The van der Waals surface area contributed by atoms with E-state index in [1.807, 2.05) is 37.8 Å². The third kappa shape index (κ3) is 5.53. The summed E-state index contributed by atoms with van der Waals surface area (Å²) in [7, 11) is 0. The van der Waals surface area contributed by atoms with Crippen LogP contribution in [0.15, 0.2) is 35.4 Å². The van der Waals surface area contributed by atoms with Crippen LogP contribution in [-0.4, -0.2) is 66.4 Å². The molecule has 2 bridgehead atoms. The van der Waals surface area contributed by atoms with Gasteiger partial charge in [0, 0.05) is 64.2 Å². The Morgan fingerprint density at radius 1 is 1.15 bits per heavy atom. The van der Waals surface area contributed by atoms with Gasteiger partial charge in [0.1, 0.15) is 17.4 Å². The highest BCUT2D eigenvalue weighted by Gasteiger charge is 2.63. The van der Waals surface area contributed by atoms with Crippen molar-refractivity contribution in [3.05, 3.63) is 57.5 Å². The molecule has 282 valence electrons. The minimum Gasteiger partial charge on any atom is -0.610 e. The Labute approximate surface area is 326 Å². The highest BCUT2D eigenvalue weighted by Crippen LogP contribution is 2.61. The van der Waals surface area contributed by atoms with Crippen LogP contribution in [0.25, 0.3) is 32.9 Å². The van der Waals surface area contributed by atoms with E-state index in [1.54, 1.807) is 24.5 Å². The van der Waals surface area contributed by atoms with E-state index in [4.69, 9.17) is 32.9 Å². The first-order valence-corrected chi connectivity index (χ1v) is 21.2. The van der Waals surface area contributed by atoms with Gasteiger partial charge in [-0.1, -0.05) is 42.3 Å². The molecule has 2 amide bonds. The first-order valence-electron chi connectivity index (χ1n) is 18.9. The maximum absolute atomic E-state index is 17.4. The average Bonchev–Trinajstić information content (AvgIpc) is 3.77. The number of halogens is 3. The molecule has 9 nitrogen and oxygen atoms in total. The fourth-order valence-corrected chi connectivity index (χ4v) is 10.9. The molecule has 4 aromatic rings. The molecule has 1 unspecified atom stereocenters. The zero-order valence-corrected chi connectivity index (χ0v) is 33.2. The molecule has 6 aliphatic rings. The number of likely N-dealkylation sites (tertiary alicyclic amines) is 1. The van der Waals surface area contributed by atoms with Crippen molar-refractivity contribution < 1.29 is 23.3 Å². The van der Waals surface area contributed by atoms with Gasteiger partial charge in [-0.15, -0.1) is 0 Å². The summed E-state index contributed by atoms with van der Waals surface area (Å²) in [5.74, 6) is 0.477. The van der Waals surface area contributed by atoms with Crippen LogP contribution in [0.3, 0.4) is 0 Å². The van der Waals surface area contributed by atoms with Crippen LogP contribution in [0.5, 0.6) is 0 Å². The molecule has 0 spiro atoms. The lowest BCUT2D eigenvalue weighted by atomic mass is 9.79. The molecular weight excluding hydrogens is 748 g/mol. The summed E-state index contributed by atoms with van der Waals surface area (Å²) in [5.41, 5.74) is 2.11. The number of fused-ring (bicyclic) bond motifs is 5. The largest absolute Gasteiger partial charge is 0.610 e. The van der Waals surface area contributed by atoms with Gasteiger partial charge in [0.25, 0.3) is 5.03 Å². The number of aromatic nitrogens is 2. The molecule has 2 aromatic heterocycles. The molecule has 3 saturated carbocycles. The Morgan fingerprint density at radius 2 is 1.91 bits per heavy atom. The van der Waals surface area contributed by atoms with Gasteiger partial charge < -0.3 is 23.7 Å². The van der Waals surface area contributed by atoms with Crippen LogP contribution in [0.2, 0.25) is 10.0 Å². The van der Waals surface area contributed by atoms with Crippen molar-refractivity contribution in [3.8, 4) is 17.2 Å². The number of nitrogens with zero attached hydrogens (tertiary/aromatic N) is 5. The van der Waals surface area contributed by atoms with Gasteiger partial charge in [-0.3, -0.25) is 4.79 Å². The number of rotatable bonds is 7. The number of aryl methyl sites for hydroxylation is 1. The van der Waals surface area contributed by atoms with Crippen molar-refractivity contribution in [1.29, 1.82) is 5.26 Å². The minimum absolute atomic E-state index is 0.0362. The first-order chi connectivity index (χ1) is 25.7. The van der Waals surface area contributed by atoms with Crippen LogP contribution in [0.4, 0.5) is 9.18 Å². The van der Waals surface area contributed by atoms with Crippen LogP contribution >= 0.6 is 23.2 Å². The summed E-state index contributed by atoms with van der Waals surface area (Å²) < 4.78 is 39.2. The van der Waals surface area contributed by atoms with Gasteiger partial charge in [-0.25, -0.2) is 9.18 Å². The van der Waals surface area contributed by atoms with E-state index in [0.29, 0.717) is 45.8 Å². The Morgan fingerprint density at radius 3 is 2.59 bits per heavy atom. The number of hydrogen-bond donors (Lipinski definition) is 0. The lowest BCUT2D eigenvalue weighted by molar-refractivity contribution is -0.135. The standard InChI is InChI=1S/C41H42Cl2FN5O4S/c1-19-24-16-29(49(35(19)24)39(50)20-11-12-20)28-17-26-37(48(28)36-22-15-30(36)47(18-22)40(51)53-41(2,3)4)25-14-21(8-7-13-45)31(23-9-6-10-27(42)32(23)43)33(44)34(25)46-38(26)54(5)52/h6,9-10,14,17,19-20,22,24,29-30,35-36H,7-8,11-12,15-16,18H2,1-5H3/t19-,22-,24+,29-,30-,35-,36+,54?/m1/s1. The van der Waals surface area contributed by atoms with E-state index in [9.17, 15) is 19.4 Å². The van der Waals surface area contributed by atoms with E-state index in [-0.39, 0.29) is 87.0 Å². The van der Waals surface area contributed by atoms with Gasteiger partial charge >= 0.3 is 6.09 Å². The van der Waals surface area contributed by atoms with Crippen molar-refractivity contribution >= 4 is 68.2 Å². The predicted molar refractivity (Wildman–Crippen MR) is 206 cm³/mol. The molecule has 3 aliphatic carbocycles. The second-order valence-electron chi connectivity index (χ2n) is 16.9. The van der Waals surface area contributed by atoms with E-state index in [1.165, 1.54) is 0 Å². The van der Waals surface area contributed by atoms with Crippen molar-refractivity contribution in [2.75, 3.05) is 12.8 Å². The van der Waals surface area contributed by atoms with Crippen molar-refractivity contribution in [3.63, 3.8) is 0 Å². The number of pyridine rings is 1. The summed E-state index contributed by atoms with van der Waals surface area (Å²) in [6, 6.07) is 10.7. The number of ether oxygens (including phenoxy) is 1. The fourth-order valence-electron chi connectivity index (χ4n) is 9.82. The van der Waals surface area contributed by atoms with Gasteiger partial charge in [0.2, 0.25) is 5.91 Å². The van der Waals surface area contributed by atoms with Crippen LogP contribution in [-0.2, 0) is 27.1 Å². The van der Waals surface area contributed by atoms with E-state index < -0.39 is 22.6 Å². The van der Waals surface area contributed by atoms with E-state index in [2.05, 4.69) is 22.5 Å². The molecule has 8 atom stereocenters. The lowest BCUT2D eigenvalue weighted by Crippen LogP contribution is -2.45. The van der Waals surface area contributed by atoms with E-state index >= 15 is 4.39 Å². The first kappa shape index (κ1) is 36.1. The topological polar surface area (TPSA) is 115 Å². The lowest BCUT2D eigenvalue weighted by Gasteiger charge is -2.41. The third-order valence-electron chi connectivity index (χ3n) is 12.5. The van der Waals surface area contributed by atoms with Gasteiger partial charge in [0.05, 0.1) is 45.1 Å². The van der Waals surface area contributed by atoms with Gasteiger partial charge in [-0.2, -0.15) is 10.2 Å². The van der Waals surface area contributed by atoms with Gasteiger partial charge in [-0.05, 0) is 88.5 Å². The predicted octanol–water partition coefficient (Wildman–Crippen LogP) is 8.99. The molecule has 0 radical (unpaired) electrons. The zero-order chi connectivity index (χ0) is 38.1. The number of carbonyl (C=O) groups is 2. The quantitative estimate of drug-likeness (QED) is 0.173. The zero-order valence-electron chi connectivity index (χ0n) is 30.9. The van der Waals surface area contributed by atoms with Crippen molar-refractivity contribution in [1.82, 2.24) is 19.4 Å². The average molecular weight is 791 g/mol. The number of amides is 2. The normalized spacial score (nSPS) is 27.6. The Balaban J connectivity index is 1.32. The maximum atomic E-state index is 17.4. The molecule has 13 heteroatoms. The Kier molecular flexibility index (Phi) is 8.51. The molecule has 6 fully saturated rings.